The van der Waals surface area contributed by atoms with Gasteiger partial charge in [0.25, 0.3) is 5.91 Å². The molecular weight excluding hydrogens is 346 g/mol. The topological polar surface area (TPSA) is 66.0 Å². The van der Waals surface area contributed by atoms with Crippen LogP contribution in [0.3, 0.4) is 0 Å². The predicted octanol–water partition coefficient (Wildman–Crippen LogP) is 3.44. The molecule has 0 aliphatic heterocycles. The van der Waals surface area contributed by atoms with Gasteiger partial charge in [-0.05, 0) is 49.7 Å². The van der Waals surface area contributed by atoms with Gasteiger partial charge < -0.3 is 24.3 Å². The summed E-state index contributed by atoms with van der Waals surface area (Å²) in [5.41, 5.74) is 0. The molecule has 0 saturated heterocycles. The molecule has 27 heavy (non-hydrogen) atoms. The highest BCUT2D eigenvalue weighted by Crippen LogP contribution is 2.21. The van der Waals surface area contributed by atoms with Crippen LogP contribution in [0.5, 0.6) is 23.0 Å². The zero-order valence-corrected chi connectivity index (χ0v) is 16.2. The molecule has 6 nitrogen and oxygen atoms in total. The van der Waals surface area contributed by atoms with Crippen molar-refractivity contribution in [1.82, 2.24) is 5.32 Å². The summed E-state index contributed by atoms with van der Waals surface area (Å²) in [6.07, 6.45) is -0.0321. The van der Waals surface area contributed by atoms with Gasteiger partial charge in [-0.3, -0.25) is 4.79 Å². The van der Waals surface area contributed by atoms with E-state index >= 15 is 0 Å². The van der Waals surface area contributed by atoms with Crippen molar-refractivity contribution in [3.63, 3.8) is 0 Å². The SMILES string of the molecule is CC[C@@H](Oc1cccc(OC)c1)C(=O)N[C@@H](C)COc1ccc(OC)cc1. The molecule has 0 radical (unpaired) electrons. The van der Waals surface area contributed by atoms with Gasteiger partial charge in [0.05, 0.1) is 20.3 Å². The van der Waals surface area contributed by atoms with Crippen LogP contribution in [-0.2, 0) is 4.79 Å². The third-order valence-corrected chi connectivity index (χ3v) is 3.93. The Morgan fingerprint density at radius 1 is 0.963 bits per heavy atom. The van der Waals surface area contributed by atoms with Gasteiger partial charge in [0.2, 0.25) is 0 Å². The van der Waals surface area contributed by atoms with E-state index in [2.05, 4.69) is 5.32 Å². The summed E-state index contributed by atoms with van der Waals surface area (Å²) < 4.78 is 21.8. The van der Waals surface area contributed by atoms with Crippen molar-refractivity contribution < 1.29 is 23.7 Å². The van der Waals surface area contributed by atoms with Gasteiger partial charge in [-0.2, -0.15) is 0 Å². The van der Waals surface area contributed by atoms with Gasteiger partial charge in [0.15, 0.2) is 6.10 Å². The molecule has 0 aromatic heterocycles. The number of benzene rings is 2. The molecule has 2 aromatic carbocycles. The largest absolute Gasteiger partial charge is 0.497 e. The Labute approximate surface area is 160 Å². The average molecular weight is 373 g/mol. The molecule has 146 valence electrons. The molecule has 0 saturated carbocycles. The van der Waals surface area contributed by atoms with Crippen LogP contribution in [0.4, 0.5) is 0 Å². The summed E-state index contributed by atoms with van der Waals surface area (Å²) in [6.45, 7) is 4.15. The van der Waals surface area contributed by atoms with Gasteiger partial charge in [-0.1, -0.05) is 13.0 Å². The van der Waals surface area contributed by atoms with Crippen molar-refractivity contribution >= 4 is 5.91 Å². The Morgan fingerprint density at radius 3 is 2.22 bits per heavy atom. The first-order valence-electron chi connectivity index (χ1n) is 8.93. The molecule has 1 N–H and O–H groups in total. The van der Waals surface area contributed by atoms with Crippen LogP contribution in [0.25, 0.3) is 0 Å². The standard InChI is InChI=1S/C21H27NO5/c1-5-20(27-19-8-6-7-18(13-19)25-4)21(23)22-15(2)14-26-17-11-9-16(24-3)10-12-17/h6-13,15,20H,5,14H2,1-4H3,(H,22,23)/t15-,20+/m0/s1. The number of methoxy groups -OCH3 is 2. The number of carbonyl (C=O) groups excluding carboxylic acids is 1. The molecule has 2 atom stereocenters. The van der Waals surface area contributed by atoms with Crippen LogP contribution in [0.1, 0.15) is 20.3 Å². The Balaban J connectivity index is 1.84. The average Bonchev–Trinajstić information content (AvgIpc) is 2.70. The van der Waals surface area contributed by atoms with Crippen LogP contribution in [0, 0.1) is 0 Å². The van der Waals surface area contributed by atoms with Crippen molar-refractivity contribution in [1.29, 1.82) is 0 Å². The summed E-state index contributed by atoms with van der Waals surface area (Å²) >= 11 is 0. The molecule has 0 aliphatic rings. The molecule has 0 heterocycles. The molecule has 0 spiro atoms. The van der Waals surface area contributed by atoms with Crippen LogP contribution in [0.2, 0.25) is 0 Å². The summed E-state index contributed by atoms with van der Waals surface area (Å²) in [5.74, 6) is 2.59. The van der Waals surface area contributed by atoms with E-state index in [1.54, 1.807) is 26.4 Å². The molecular formula is C21H27NO5. The smallest absolute Gasteiger partial charge is 0.261 e. The third-order valence-electron chi connectivity index (χ3n) is 3.93. The minimum absolute atomic E-state index is 0.164. The first-order valence-corrected chi connectivity index (χ1v) is 8.93. The zero-order chi connectivity index (χ0) is 19.6. The van der Waals surface area contributed by atoms with E-state index in [4.69, 9.17) is 18.9 Å². The normalized spacial score (nSPS) is 12.6. The lowest BCUT2D eigenvalue weighted by Crippen LogP contribution is -2.44. The minimum atomic E-state index is -0.583. The number of ether oxygens (including phenoxy) is 4. The fourth-order valence-corrected chi connectivity index (χ4v) is 2.43. The Morgan fingerprint density at radius 2 is 1.59 bits per heavy atom. The molecule has 2 rings (SSSR count). The van der Waals surface area contributed by atoms with E-state index in [9.17, 15) is 4.79 Å². The van der Waals surface area contributed by atoms with Crippen LogP contribution in [-0.4, -0.2) is 38.9 Å². The first-order chi connectivity index (χ1) is 13.0. The highest BCUT2D eigenvalue weighted by Gasteiger charge is 2.20. The molecule has 2 aromatic rings. The molecule has 0 unspecified atom stereocenters. The third kappa shape index (κ3) is 6.40. The Kier molecular flexibility index (Phi) is 7.79. The summed E-state index contributed by atoms with van der Waals surface area (Å²) in [7, 11) is 3.21. The van der Waals surface area contributed by atoms with E-state index in [0.29, 0.717) is 24.5 Å². The van der Waals surface area contributed by atoms with Gasteiger partial charge >= 0.3 is 0 Å². The number of rotatable bonds is 10. The quantitative estimate of drug-likeness (QED) is 0.691. The van der Waals surface area contributed by atoms with E-state index < -0.39 is 6.10 Å². The molecule has 1 amide bonds. The second-order valence-corrected chi connectivity index (χ2v) is 6.09. The maximum Gasteiger partial charge on any atom is 0.261 e. The van der Waals surface area contributed by atoms with Crippen molar-refractivity contribution in [2.24, 2.45) is 0 Å². The van der Waals surface area contributed by atoms with Gasteiger partial charge in [0.1, 0.15) is 29.6 Å². The van der Waals surface area contributed by atoms with Crippen molar-refractivity contribution in [2.75, 3.05) is 20.8 Å². The zero-order valence-electron chi connectivity index (χ0n) is 16.2. The summed E-state index contributed by atoms with van der Waals surface area (Å²) in [5, 5.41) is 2.93. The second-order valence-electron chi connectivity index (χ2n) is 6.09. The monoisotopic (exact) mass is 373 g/mol. The van der Waals surface area contributed by atoms with E-state index in [1.807, 2.05) is 50.2 Å². The maximum atomic E-state index is 12.5. The van der Waals surface area contributed by atoms with E-state index in [-0.39, 0.29) is 11.9 Å². The molecule has 0 fully saturated rings. The lowest BCUT2D eigenvalue weighted by atomic mass is 10.2. The Bertz CT molecular complexity index is 717. The van der Waals surface area contributed by atoms with Crippen molar-refractivity contribution in [3.8, 4) is 23.0 Å². The summed E-state index contributed by atoms with van der Waals surface area (Å²) in [6, 6.07) is 14.4. The lowest BCUT2D eigenvalue weighted by molar-refractivity contribution is -0.128. The van der Waals surface area contributed by atoms with Crippen LogP contribution < -0.4 is 24.3 Å². The van der Waals surface area contributed by atoms with Gasteiger partial charge in [-0.25, -0.2) is 0 Å². The van der Waals surface area contributed by atoms with Crippen molar-refractivity contribution in [3.05, 3.63) is 48.5 Å². The second kappa shape index (κ2) is 10.3. The number of hydrogen-bond donors (Lipinski definition) is 1. The number of carbonyl (C=O) groups is 1. The minimum Gasteiger partial charge on any atom is -0.497 e. The summed E-state index contributed by atoms with van der Waals surface area (Å²) in [4.78, 5) is 12.5. The van der Waals surface area contributed by atoms with Crippen LogP contribution >= 0.6 is 0 Å². The number of hydrogen-bond acceptors (Lipinski definition) is 5. The fraction of sp³-hybridized carbons (Fsp3) is 0.381. The fourth-order valence-electron chi connectivity index (χ4n) is 2.43. The molecule has 0 aliphatic carbocycles. The van der Waals surface area contributed by atoms with Crippen LogP contribution in [0.15, 0.2) is 48.5 Å². The predicted molar refractivity (Wildman–Crippen MR) is 104 cm³/mol. The van der Waals surface area contributed by atoms with Gasteiger partial charge in [0, 0.05) is 6.07 Å². The molecule has 0 bridgehead atoms. The maximum absolute atomic E-state index is 12.5. The Hall–Kier alpha value is -2.89. The van der Waals surface area contributed by atoms with Crippen molar-refractivity contribution in [2.45, 2.75) is 32.4 Å². The van der Waals surface area contributed by atoms with E-state index in [1.165, 1.54) is 0 Å². The van der Waals surface area contributed by atoms with E-state index in [0.717, 1.165) is 11.5 Å². The number of amides is 1. The molecule has 6 heteroatoms. The van der Waals surface area contributed by atoms with Gasteiger partial charge in [-0.15, -0.1) is 0 Å². The number of nitrogens with one attached hydrogen (secondary N) is 1. The highest BCUT2D eigenvalue weighted by atomic mass is 16.5. The highest BCUT2D eigenvalue weighted by molar-refractivity contribution is 5.81. The first kappa shape index (κ1) is 20.4. The lowest BCUT2D eigenvalue weighted by Gasteiger charge is -2.21.